The second-order valence-corrected chi connectivity index (χ2v) is 3.35. The summed E-state index contributed by atoms with van der Waals surface area (Å²) < 4.78 is 4.49. The minimum Gasteiger partial charge on any atom is -0.507 e. The van der Waals surface area contributed by atoms with E-state index in [-0.39, 0.29) is 17.7 Å². The van der Waals surface area contributed by atoms with Crippen LogP contribution in [-0.4, -0.2) is 41.1 Å². The van der Waals surface area contributed by atoms with Crippen molar-refractivity contribution < 1.29 is 24.9 Å². The van der Waals surface area contributed by atoms with E-state index >= 15 is 0 Å². The molecule has 3 N–H and O–H groups in total. The van der Waals surface area contributed by atoms with Crippen LogP contribution >= 0.6 is 0 Å². The summed E-state index contributed by atoms with van der Waals surface area (Å²) in [6.45, 7) is -0.401. The average molecular weight is 226 g/mol. The van der Waals surface area contributed by atoms with Crippen LogP contribution in [-0.2, 0) is 11.2 Å². The molecular formula is C11H14O5. The van der Waals surface area contributed by atoms with Gasteiger partial charge in [-0.3, -0.25) is 0 Å². The Morgan fingerprint density at radius 2 is 2.19 bits per heavy atom. The van der Waals surface area contributed by atoms with Crippen LogP contribution in [0, 0.1) is 0 Å². The van der Waals surface area contributed by atoms with Gasteiger partial charge in [-0.2, -0.15) is 0 Å². The Morgan fingerprint density at radius 3 is 2.75 bits per heavy atom. The van der Waals surface area contributed by atoms with Crippen LogP contribution in [0.2, 0.25) is 0 Å². The van der Waals surface area contributed by atoms with Gasteiger partial charge >= 0.3 is 5.97 Å². The molecule has 0 radical (unpaired) electrons. The summed E-state index contributed by atoms with van der Waals surface area (Å²) in [7, 11) is 1.22. The molecule has 0 fully saturated rings. The highest BCUT2D eigenvalue weighted by atomic mass is 16.5. The molecule has 1 rings (SSSR count). The zero-order chi connectivity index (χ0) is 12.1. The van der Waals surface area contributed by atoms with Crippen molar-refractivity contribution in [1.29, 1.82) is 0 Å². The Kier molecular flexibility index (Phi) is 4.28. The number of carbonyl (C=O) groups is 1. The van der Waals surface area contributed by atoms with Crippen molar-refractivity contribution in [2.24, 2.45) is 0 Å². The molecule has 0 aromatic heterocycles. The van der Waals surface area contributed by atoms with E-state index in [2.05, 4.69) is 4.74 Å². The molecule has 0 aliphatic rings. The van der Waals surface area contributed by atoms with Crippen LogP contribution in [0.1, 0.15) is 15.9 Å². The first kappa shape index (κ1) is 12.5. The summed E-state index contributed by atoms with van der Waals surface area (Å²) >= 11 is 0. The quantitative estimate of drug-likeness (QED) is 0.633. The van der Waals surface area contributed by atoms with Crippen LogP contribution in [0.4, 0.5) is 0 Å². The number of para-hydroxylation sites is 1. The fourth-order valence-corrected chi connectivity index (χ4v) is 1.35. The summed E-state index contributed by atoms with van der Waals surface area (Å²) in [6.07, 6.45) is -0.883. The molecule has 0 spiro atoms. The number of hydrogen-bond acceptors (Lipinski definition) is 5. The van der Waals surface area contributed by atoms with E-state index < -0.39 is 18.7 Å². The highest BCUT2D eigenvalue weighted by Crippen LogP contribution is 2.24. The van der Waals surface area contributed by atoms with Crippen LogP contribution in [0.5, 0.6) is 5.75 Å². The van der Waals surface area contributed by atoms with Crippen molar-refractivity contribution >= 4 is 5.97 Å². The zero-order valence-electron chi connectivity index (χ0n) is 8.88. The van der Waals surface area contributed by atoms with E-state index in [9.17, 15) is 15.0 Å². The van der Waals surface area contributed by atoms with Gasteiger partial charge in [0.1, 0.15) is 11.3 Å². The van der Waals surface area contributed by atoms with Crippen molar-refractivity contribution in [1.82, 2.24) is 0 Å². The van der Waals surface area contributed by atoms with Gasteiger partial charge < -0.3 is 20.1 Å². The van der Waals surface area contributed by atoms with E-state index in [1.165, 1.54) is 13.2 Å². The van der Waals surface area contributed by atoms with E-state index in [0.717, 1.165) is 0 Å². The monoisotopic (exact) mass is 226 g/mol. The van der Waals surface area contributed by atoms with Crippen LogP contribution in [0.15, 0.2) is 18.2 Å². The lowest BCUT2D eigenvalue weighted by Crippen LogP contribution is -2.15. The SMILES string of the molecule is COC(=O)c1cccc(C[C@H](O)CO)c1O. The van der Waals surface area contributed by atoms with E-state index in [0.29, 0.717) is 5.56 Å². The normalized spacial score (nSPS) is 12.2. The average Bonchev–Trinajstić information content (AvgIpc) is 2.30. The van der Waals surface area contributed by atoms with Crippen LogP contribution in [0.25, 0.3) is 0 Å². The van der Waals surface area contributed by atoms with E-state index in [1.54, 1.807) is 12.1 Å². The fraction of sp³-hybridized carbons (Fsp3) is 0.364. The van der Waals surface area contributed by atoms with Gasteiger partial charge in [0.15, 0.2) is 0 Å². The maximum Gasteiger partial charge on any atom is 0.341 e. The molecule has 88 valence electrons. The lowest BCUT2D eigenvalue weighted by molar-refractivity contribution is 0.0596. The molecule has 0 unspecified atom stereocenters. The van der Waals surface area contributed by atoms with Crippen LogP contribution < -0.4 is 0 Å². The minimum absolute atomic E-state index is 0.0464. The smallest absolute Gasteiger partial charge is 0.341 e. The number of aromatic hydroxyl groups is 1. The highest BCUT2D eigenvalue weighted by molar-refractivity contribution is 5.92. The number of hydrogen-bond donors (Lipinski definition) is 3. The predicted octanol–water partition coefficient (Wildman–Crippen LogP) is 0.0745. The number of aliphatic hydroxyl groups excluding tert-OH is 2. The Bertz CT molecular complexity index is 375. The summed E-state index contributed by atoms with van der Waals surface area (Å²) in [5.41, 5.74) is 0.439. The van der Waals surface area contributed by atoms with E-state index in [4.69, 9.17) is 5.11 Å². The molecule has 1 aromatic rings. The van der Waals surface area contributed by atoms with Crippen molar-refractivity contribution in [3.8, 4) is 5.75 Å². The number of rotatable bonds is 4. The molecule has 0 saturated carbocycles. The second-order valence-electron chi connectivity index (χ2n) is 3.35. The Hall–Kier alpha value is -1.59. The second kappa shape index (κ2) is 5.48. The lowest BCUT2D eigenvalue weighted by atomic mass is 10.0. The summed E-state index contributed by atoms with van der Waals surface area (Å²) in [5.74, 6) is -0.861. The number of phenols is 1. The molecule has 0 aliphatic heterocycles. The zero-order valence-corrected chi connectivity index (χ0v) is 8.88. The third-order valence-corrected chi connectivity index (χ3v) is 2.19. The number of methoxy groups -OCH3 is 1. The third kappa shape index (κ3) is 2.71. The van der Waals surface area contributed by atoms with Gasteiger partial charge in [-0.1, -0.05) is 12.1 Å². The van der Waals surface area contributed by atoms with Gasteiger partial charge in [0.05, 0.1) is 19.8 Å². The summed E-state index contributed by atoms with van der Waals surface area (Å²) in [4.78, 5) is 11.2. The van der Waals surface area contributed by atoms with Crippen molar-refractivity contribution in [3.05, 3.63) is 29.3 Å². The Morgan fingerprint density at radius 1 is 1.50 bits per heavy atom. The standard InChI is InChI=1S/C11H14O5/c1-16-11(15)9-4-2-3-7(10(9)14)5-8(13)6-12/h2-4,8,12-14H,5-6H2,1H3/t8-/m0/s1. The largest absolute Gasteiger partial charge is 0.507 e. The topological polar surface area (TPSA) is 87.0 Å². The first-order chi connectivity index (χ1) is 7.60. The summed E-state index contributed by atoms with van der Waals surface area (Å²) in [6, 6.07) is 4.57. The molecule has 0 amide bonds. The van der Waals surface area contributed by atoms with Gasteiger partial charge in [-0.25, -0.2) is 4.79 Å². The summed E-state index contributed by atoms with van der Waals surface area (Å²) in [5, 5.41) is 27.7. The molecule has 1 atom stereocenters. The maximum atomic E-state index is 11.2. The molecule has 5 nitrogen and oxygen atoms in total. The lowest BCUT2D eigenvalue weighted by Gasteiger charge is -2.10. The number of benzene rings is 1. The van der Waals surface area contributed by atoms with Gasteiger partial charge in [-0.05, 0) is 11.6 Å². The predicted molar refractivity (Wildman–Crippen MR) is 56.2 cm³/mol. The highest BCUT2D eigenvalue weighted by Gasteiger charge is 2.16. The molecule has 0 bridgehead atoms. The number of carbonyl (C=O) groups excluding carboxylic acids is 1. The van der Waals surface area contributed by atoms with Crippen molar-refractivity contribution in [2.45, 2.75) is 12.5 Å². The van der Waals surface area contributed by atoms with Crippen LogP contribution in [0.3, 0.4) is 0 Å². The fourth-order valence-electron chi connectivity index (χ4n) is 1.35. The van der Waals surface area contributed by atoms with Gasteiger partial charge in [-0.15, -0.1) is 0 Å². The Labute approximate surface area is 92.9 Å². The van der Waals surface area contributed by atoms with Crippen molar-refractivity contribution in [2.75, 3.05) is 13.7 Å². The number of ether oxygens (including phenoxy) is 1. The van der Waals surface area contributed by atoms with Gasteiger partial charge in [0, 0.05) is 6.42 Å². The van der Waals surface area contributed by atoms with E-state index in [1.807, 2.05) is 0 Å². The molecule has 5 heteroatoms. The van der Waals surface area contributed by atoms with Crippen molar-refractivity contribution in [3.63, 3.8) is 0 Å². The minimum atomic E-state index is -0.959. The molecule has 0 heterocycles. The number of aliphatic hydroxyl groups is 2. The van der Waals surface area contributed by atoms with Gasteiger partial charge in [0.25, 0.3) is 0 Å². The first-order valence-electron chi connectivity index (χ1n) is 4.78. The molecule has 1 aromatic carbocycles. The first-order valence-corrected chi connectivity index (χ1v) is 4.78. The molecule has 0 aliphatic carbocycles. The Balaban J connectivity index is 2.99. The maximum absolute atomic E-state index is 11.2. The molecule has 0 saturated heterocycles. The number of esters is 1. The molecule has 16 heavy (non-hydrogen) atoms. The third-order valence-electron chi connectivity index (χ3n) is 2.19. The molecular weight excluding hydrogens is 212 g/mol. The van der Waals surface area contributed by atoms with Gasteiger partial charge in [0.2, 0.25) is 0 Å². The number of phenolic OH excluding ortho intramolecular Hbond substituents is 1.